The Balaban J connectivity index is 1.71. The quantitative estimate of drug-likeness (QED) is 0.561. The van der Waals surface area contributed by atoms with Gasteiger partial charge in [0.2, 0.25) is 0 Å². The van der Waals surface area contributed by atoms with Crippen molar-refractivity contribution in [3.05, 3.63) is 35.5 Å². The largest absolute Gasteiger partial charge is 0.299 e. The SMILES string of the molecule is CCCCCCC1=C[C@@H]2[C@H](CC[C@]3(C)C(=O)CC[C@@H]23)[C@@]2(C)C=CC(=O)C=C12. The maximum absolute atomic E-state index is 12.6. The van der Waals surface area contributed by atoms with Crippen molar-refractivity contribution in [1.29, 1.82) is 0 Å². The van der Waals surface area contributed by atoms with Gasteiger partial charge in [-0.3, -0.25) is 9.59 Å². The minimum atomic E-state index is -0.114. The van der Waals surface area contributed by atoms with Gasteiger partial charge in [-0.25, -0.2) is 0 Å². The van der Waals surface area contributed by atoms with Crippen molar-refractivity contribution in [1.82, 2.24) is 0 Å². The van der Waals surface area contributed by atoms with E-state index in [1.54, 1.807) is 6.08 Å². The number of carbonyl (C=O) groups is 2. The van der Waals surface area contributed by atoms with E-state index in [0.717, 1.165) is 32.1 Å². The molecule has 0 aromatic rings. The number of Topliss-reactive ketones (excluding diaryl/α,β-unsaturated/α-hetero) is 1. The van der Waals surface area contributed by atoms with Crippen LogP contribution in [0.15, 0.2) is 35.5 Å². The number of hydrogen-bond donors (Lipinski definition) is 0. The Morgan fingerprint density at radius 1 is 1.07 bits per heavy atom. The van der Waals surface area contributed by atoms with E-state index in [4.69, 9.17) is 0 Å². The van der Waals surface area contributed by atoms with Gasteiger partial charge in [0.05, 0.1) is 0 Å². The second kappa shape index (κ2) is 6.87. The fourth-order valence-corrected chi connectivity index (χ4v) is 6.63. The van der Waals surface area contributed by atoms with Crippen LogP contribution < -0.4 is 0 Å². The van der Waals surface area contributed by atoms with Crippen LogP contribution in [0.2, 0.25) is 0 Å². The van der Waals surface area contributed by atoms with Crippen molar-refractivity contribution in [2.45, 2.75) is 78.6 Å². The molecule has 2 fully saturated rings. The van der Waals surface area contributed by atoms with Crippen molar-refractivity contribution >= 4 is 11.6 Å². The van der Waals surface area contributed by atoms with E-state index >= 15 is 0 Å². The third-order valence-electron chi connectivity index (χ3n) is 8.31. The summed E-state index contributed by atoms with van der Waals surface area (Å²) in [4.78, 5) is 24.8. The van der Waals surface area contributed by atoms with Crippen LogP contribution in [0.4, 0.5) is 0 Å². The second-order valence-electron chi connectivity index (χ2n) is 9.79. The molecule has 0 aliphatic heterocycles. The molecule has 0 bridgehead atoms. The van der Waals surface area contributed by atoms with E-state index in [9.17, 15) is 9.59 Å². The summed E-state index contributed by atoms with van der Waals surface area (Å²) in [6.45, 7) is 6.82. The van der Waals surface area contributed by atoms with Gasteiger partial charge in [0.25, 0.3) is 0 Å². The molecule has 0 heterocycles. The molecule has 0 spiro atoms. The van der Waals surface area contributed by atoms with Crippen molar-refractivity contribution < 1.29 is 9.59 Å². The fraction of sp³-hybridized carbons (Fsp3) is 0.680. The fourth-order valence-electron chi connectivity index (χ4n) is 6.63. The molecule has 0 aromatic carbocycles. The van der Waals surface area contributed by atoms with E-state index in [0.29, 0.717) is 23.5 Å². The van der Waals surface area contributed by atoms with Crippen molar-refractivity contribution in [3.8, 4) is 0 Å². The highest BCUT2D eigenvalue weighted by atomic mass is 16.1. The molecule has 4 aliphatic carbocycles. The first-order valence-corrected chi connectivity index (χ1v) is 11.1. The number of hydrogen-bond acceptors (Lipinski definition) is 2. The Morgan fingerprint density at radius 2 is 1.89 bits per heavy atom. The summed E-state index contributed by atoms with van der Waals surface area (Å²) in [7, 11) is 0. The lowest BCUT2D eigenvalue weighted by Crippen LogP contribution is -2.49. The van der Waals surface area contributed by atoms with E-state index < -0.39 is 0 Å². The average Bonchev–Trinajstić information content (AvgIpc) is 2.95. The summed E-state index contributed by atoms with van der Waals surface area (Å²) in [6, 6.07) is 0. The first-order chi connectivity index (χ1) is 12.9. The van der Waals surface area contributed by atoms with Crippen LogP contribution in [0.5, 0.6) is 0 Å². The standard InChI is InChI=1S/C25H34O2/c1-4-5-6-7-8-17-15-19-20-9-10-23(27)25(20,3)14-12-21(19)24(2)13-11-18(26)16-22(17)24/h11,13,15-16,19-21H,4-10,12,14H2,1-3H3/t19-,20-,21-,24+,25-/m0/s1. The molecule has 0 unspecified atom stereocenters. The normalized spacial score (nSPS) is 40.2. The van der Waals surface area contributed by atoms with Gasteiger partial charge in [0, 0.05) is 17.3 Å². The van der Waals surface area contributed by atoms with Gasteiger partial charge < -0.3 is 0 Å². The number of carbonyl (C=O) groups excluding carboxylic acids is 2. The Bertz CT molecular complexity index is 739. The predicted molar refractivity (Wildman–Crippen MR) is 109 cm³/mol. The van der Waals surface area contributed by atoms with Gasteiger partial charge in [-0.05, 0) is 73.2 Å². The topological polar surface area (TPSA) is 34.1 Å². The van der Waals surface area contributed by atoms with Gasteiger partial charge in [0.1, 0.15) is 5.78 Å². The molecule has 0 radical (unpaired) electrons. The second-order valence-corrected chi connectivity index (χ2v) is 9.79. The summed E-state index contributed by atoms with van der Waals surface area (Å²) < 4.78 is 0. The highest BCUT2D eigenvalue weighted by molar-refractivity contribution is 6.02. The Kier molecular flexibility index (Phi) is 4.81. The average molecular weight is 367 g/mol. The van der Waals surface area contributed by atoms with E-state index in [1.165, 1.54) is 36.8 Å². The summed E-state index contributed by atoms with van der Waals surface area (Å²) in [5.41, 5.74) is 2.52. The molecular formula is C25H34O2. The Morgan fingerprint density at radius 3 is 2.67 bits per heavy atom. The highest BCUT2D eigenvalue weighted by Gasteiger charge is 2.58. The van der Waals surface area contributed by atoms with Crippen molar-refractivity contribution in [2.75, 3.05) is 0 Å². The zero-order valence-corrected chi connectivity index (χ0v) is 17.2. The molecule has 4 rings (SSSR count). The lowest BCUT2D eigenvalue weighted by atomic mass is 9.49. The van der Waals surface area contributed by atoms with E-state index in [2.05, 4.69) is 32.9 Å². The molecule has 0 N–H and O–H groups in total. The summed E-state index contributed by atoms with van der Waals surface area (Å²) >= 11 is 0. The Hall–Kier alpha value is -1.44. The third kappa shape index (κ3) is 2.91. The zero-order valence-electron chi connectivity index (χ0n) is 17.2. The van der Waals surface area contributed by atoms with Crippen molar-refractivity contribution in [2.24, 2.45) is 28.6 Å². The lowest BCUT2D eigenvalue weighted by Gasteiger charge is -2.54. The number of fused-ring (bicyclic) bond motifs is 5. The third-order valence-corrected chi connectivity index (χ3v) is 8.31. The van der Waals surface area contributed by atoms with Crippen LogP contribution in [0.25, 0.3) is 0 Å². The maximum atomic E-state index is 12.6. The number of allylic oxidation sites excluding steroid dienone is 6. The minimum absolute atomic E-state index is 0.0413. The number of rotatable bonds is 5. The van der Waals surface area contributed by atoms with Crippen LogP contribution in [-0.4, -0.2) is 11.6 Å². The number of ketones is 2. The summed E-state index contributed by atoms with van der Waals surface area (Å²) in [6.07, 6.45) is 18.4. The molecule has 2 heteroatoms. The molecular weight excluding hydrogens is 332 g/mol. The first kappa shape index (κ1) is 18.9. The van der Waals surface area contributed by atoms with Crippen molar-refractivity contribution in [3.63, 3.8) is 0 Å². The summed E-state index contributed by atoms with van der Waals surface area (Å²) in [5, 5.41) is 0. The van der Waals surface area contributed by atoms with E-state index in [1.807, 2.05) is 6.08 Å². The minimum Gasteiger partial charge on any atom is -0.299 e. The van der Waals surface area contributed by atoms with Gasteiger partial charge in [-0.2, -0.15) is 0 Å². The van der Waals surface area contributed by atoms with Crippen LogP contribution in [-0.2, 0) is 9.59 Å². The highest BCUT2D eigenvalue weighted by Crippen LogP contribution is 2.63. The lowest BCUT2D eigenvalue weighted by molar-refractivity contribution is -0.130. The molecule has 0 amide bonds. The van der Waals surface area contributed by atoms with Gasteiger partial charge in [-0.15, -0.1) is 0 Å². The number of unbranched alkanes of at least 4 members (excludes halogenated alkanes) is 3. The molecule has 2 saturated carbocycles. The molecule has 0 saturated heterocycles. The monoisotopic (exact) mass is 366 g/mol. The van der Waals surface area contributed by atoms with Crippen LogP contribution in [0.3, 0.4) is 0 Å². The van der Waals surface area contributed by atoms with Gasteiger partial charge in [-0.1, -0.05) is 52.2 Å². The zero-order chi connectivity index (χ0) is 19.2. The molecule has 146 valence electrons. The van der Waals surface area contributed by atoms with E-state index in [-0.39, 0.29) is 16.6 Å². The van der Waals surface area contributed by atoms with Gasteiger partial charge in [0.15, 0.2) is 5.78 Å². The maximum Gasteiger partial charge on any atom is 0.178 e. The molecule has 0 aromatic heterocycles. The predicted octanol–water partition coefficient (Wildman–Crippen LogP) is 5.98. The summed E-state index contributed by atoms with van der Waals surface area (Å²) in [5.74, 6) is 2.12. The van der Waals surface area contributed by atoms with Gasteiger partial charge >= 0.3 is 0 Å². The Labute approximate surface area is 164 Å². The molecule has 2 nitrogen and oxygen atoms in total. The molecule has 5 atom stereocenters. The smallest absolute Gasteiger partial charge is 0.178 e. The molecule has 4 aliphatic rings. The van der Waals surface area contributed by atoms with Crippen LogP contribution in [0.1, 0.15) is 78.6 Å². The molecule has 27 heavy (non-hydrogen) atoms. The van der Waals surface area contributed by atoms with Crippen LogP contribution in [0, 0.1) is 28.6 Å². The van der Waals surface area contributed by atoms with Crippen LogP contribution >= 0.6 is 0 Å². The first-order valence-electron chi connectivity index (χ1n) is 11.1.